The van der Waals surface area contributed by atoms with Gasteiger partial charge in [0.25, 0.3) is 0 Å². The first-order chi connectivity index (χ1) is 6.69. The predicted molar refractivity (Wildman–Crippen MR) is 75.7 cm³/mol. The van der Waals surface area contributed by atoms with Crippen molar-refractivity contribution in [3.8, 4) is 0 Å². The van der Waals surface area contributed by atoms with E-state index in [9.17, 15) is 0 Å². The van der Waals surface area contributed by atoms with Crippen LogP contribution < -0.4 is 0 Å². The monoisotopic (exact) mass is 266 g/mol. The summed E-state index contributed by atoms with van der Waals surface area (Å²) >= 11 is 4.97. The molecule has 0 aliphatic carbocycles. The van der Waals surface area contributed by atoms with Crippen molar-refractivity contribution in [1.29, 1.82) is 0 Å². The third-order valence-corrected chi connectivity index (χ3v) is 13.6. The second kappa shape index (κ2) is 5.86. The maximum absolute atomic E-state index is 5.57. The second-order valence-corrected chi connectivity index (χ2v) is 15.8. The quantitative estimate of drug-likeness (QED) is 0.588. The lowest BCUT2D eigenvalue weighted by Gasteiger charge is -2.43. The summed E-state index contributed by atoms with van der Waals surface area (Å²) in [7, 11) is 0.432. The summed E-state index contributed by atoms with van der Waals surface area (Å²) in [6.45, 7) is 11.5. The van der Waals surface area contributed by atoms with E-state index in [1.54, 1.807) is 14.2 Å². The molecule has 5 heteroatoms. The lowest BCUT2D eigenvalue weighted by atomic mass is 10.2. The molecule has 0 rings (SSSR count). The smallest absolute Gasteiger partial charge is 0.334 e. The van der Waals surface area contributed by atoms with Crippen LogP contribution in [0.3, 0.4) is 0 Å². The minimum absolute atomic E-state index is 0.00463. The summed E-state index contributed by atoms with van der Waals surface area (Å²) in [5.41, 5.74) is 0. The largest absolute Gasteiger partial charge is 0.399 e. The average molecular weight is 267 g/mol. The molecule has 0 heterocycles. The van der Waals surface area contributed by atoms with Gasteiger partial charge < -0.3 is 8.85 Å². The summed E-state index contributed by atoms with van der Waals surface area (Å²) in [6, 6.07) is 0. The molecule has 0 aromatic carbocycles. The zero-order chi connectivity index (χ0) is 12.3. The Balaban J connectivity index is 5.00. The molecule has 0 N–H and O–H groups in total. The number of rotatable bonds is 6. The van der Waals surface area contributed by atoms with E-state index in [1.807, 2.05) is 0 Å². The Bertz CT molecular complexity index is 190. The summed E-state index contributed by atoms with van der Waals surface area (Å²) in [5, 5.41) is 0. The molecule has 0 aliphatic rings. The third kappa shape index (κ3) is 3.89. The van der Waals surface area contributed by atoms with Gasteiger partial charge in [0.1, 0.15) is 0 Å². The first kappa shape index (κ1) is 15.7. The molecule has 92 valence electrons. The van der Waals surface area contributed by atoms with Gasteiger partial charge in [-0.05, 0) is 12.3 Å². The molecular formula is C10H26O2SSi2. The molecule has 0 saturated heterocycles. The Labute approximate surface area is 103 Å². The van der Waals surface area contributed by atoms with E-state index in [2.05, 4.69) is 33.5 Å². The molecule has 0 aromatic rings. The van der Waals surface area contributed by atoms with Crippen LogP contribution in [0.5, 0.6) is 0 Å². The van der Waals surface area contributed by atoms with Crippen molar-refractivity contribution in [3.05, 3.63) is 0 Å². The Morgan fingerprint density at radius 3 is 1.80 bits per heavy atom. The topological polar surface area (TPSA) is 18.5 Å². The van der Waals surface area contributed by atoms with E-state index in [0.29, 0.717) is 5.92 Å². The minimum atomic E-state index is -1.68. The lowest BCUT2D eigenvalue weighted by Crippen LogP contribution is -2.60. The fourth-order valence-electron chi connectivity index (χ4n) is 1.86. The summed E-state index contributed by atoms with van der Waals surface area (Å²) in [6.07, 6.45) is 1.09. The van der Waals surface area contributed by atoms with E-state index in [0.717, 1.165) is 6.42 Å². The molecule has 0 spiro atoms. The van der Waals surface area contributed by atoms with Crippen molar-refractivity contribution >= 4 is 30.0 Å². The van der Waals surface area contributed by atoms with Crippen LogP contribution in [0.4, 0.5) is 0 Å². The Kier molecular flexibility index (Phi) is 6.14. The molecule has 0 bridgehead atoms. The van der Waals surface area contributed by atoms with Gasteiger partial charge in [-0.2, -0.15) is 12.6 Å². The molecule has 0 amide bonds. The molecule has 0 fully saturated rings. The van der Waals surface area contributed by atoms with Crippen LogP contribution in [0.15, 0.2) is 0 Å². The van der Waals surface area contributed by atoms with Gasteiger partial charge >= 0.3 is 9.28 Å². The van der Waals surface area contributed by atoms with Gasteiger partial charge in [0.05, 0.1) is 8.07 Å². The Morgan fingerprint density at radius 2 is 1.60 bits per heavy atom. The van der Waals surface area contributed by atoms with Crippen LogP contribution in [0, 0.1) is 5.92 Å². The maximum atomic E-state index is 5.57. The van der Waals surface area contributed by atoms with E-state index in [-0.39, 0.29) is 3.99 Å². The highest BCUT2D eigenvalue weighted by Gasteiger charge is 2.49. The minimum Gasteiger partial charge on any atom is -0.399 e. The van der Waals surface area contributed by atoms with Gasteiger partial charge in [-0.15, -0.1) is 0 Å². The zero-order valence-electron chi connectivity index (χ0n) is 11.1. The maximum Gasteiger partial charge on any atom is 0.334 e. The van der Waals surface area contributed by atoms with E-state index >= 15 is 0 Å². The number of hydrogen-bond acceptors (Lipinski definition) is 3. The lowest BCUT2D eigenvalue weighted by molar-refractivity contribution is 0.265. The number of hydrogen-bond donors (Lipinski definition) is 1. The fraction of sp³-hybridized carbons (Fsp3) is 1.00. The van der Waals surface area contributed by atoms with Crippen molar-refractivity contribution in [2.24, 2.45) is 5.92 Å². The summed E-state index contributed by atoms with van der Waals surface area (Å²) < 4.78 is 11.1. The van der Waals surface area contributed by atoms with Crippen LogP contribution in [-0.2, 0) is 8.85 Å². The highest BCUT2D eigenvalue weighted by atomic mass is 32.1. The van der Waals surface area contributed by atoms with Gasteiger partial charge in [0.15, 0.2) is 0 Å². The van der Waals surface area contributed by atoms with Gasteiger partial charge in [-0.3, -0.25) is 0 Å². The van der Waals surface area contributed by atoms with Crippen molar-refractivity contribution < 1.29 is 8.85 Å². The average Bonchev–Trinajstić information content (AvgIpc) is 2.02. The highest BCUT2D eigenvalue weighted by molar-refractivity contribution is 7.86. The molecule has 0 unspecified atom stereocenters. The van der Waals surface area contributed by atoms with Crippen molar-refractivity contribution in [2.45, 2.75) is 43.9 Å². The van der Waals surface area contributed by atoms with Gasteiger partial charge in [-0.1, -0.05) is 33.5 Å². The van der Waals surface area contributed by atoms with E-state index < -0.39 is 17.4 Å². The van der Waals surface area contributed by atoms with Crippen LogP contribution in [0.2, 0.25) is 19.6 Å². The van der Waals surface area contributed by atoms with E-state index in [4.69, 9.17) is 21.5 Å². The fourth-order valence-corrected chi connectivity index (χ4v) is 9.05. The first-order valence-corrected chi connectivity index (χ1v) is 10.9. The second-order valence-electron chi connectivity index (χ2n) is 5.58. The van der Waals surface area contributed by atoms with E-state index in [1.165, 1.54) is 0 Å². The Morgan fingerprint density at radius 1 is 1.20 bits per heavy atom. The molecule has 0 radical (unpaired) electrons. The zero-order valence-corrected chi connectivity index (χ0v) is 14.2. The number of thiol groups is 1. The SMILES string of the molecule is CO[SiH](OC)[C@](S)(CC(C)C)[Si](C)(C)C. The molecule has 0 aromatic heterocycles. The van der Waals surface area contributed by atoms with Crippen LogP contribution in [0.1, 0.15) is 20.3 Å². The standard InChI is InChI=1S/C10H26O2SSi2/c1-9(2)8-10(13,15(5,6)7)14(11-3)12-4/h9,13-14H,8H2,1-7H3/t10-/m1/s1. The normalized spacial score (nSPS) is 17.2. The summed E-state index contributed by atoms with van der Waals surface area (Å²) in [4.78, 5) is 0. The summed E-state index contributed by atoms with van der Waals surface area (Å²) in [5.74, 6) is 0.634. The van der Waals surface area contributed by atoms with Crippen LogP contribution in [0.25, 0.3) is 0 Å². The van der Waals surface area contributed by atoms with Crippen molar-refractivity contribution in [3.63, 3.8) is 0 Å². The van der Waals surface area contributed by atoms with Crippen molar-refractivity contribution in [2.75, 3.05) is 14.2 Å². The Hall–Kier alpha value is 0.704. The highest BCUT2D eigenvalue weighted by Crippen LogP contribution is 2.36. The molecule has 2 nitrogen and oxygen atoms in total. The van der Waals surface area contributed by atoms with Gasteiger partial charge in [0.2, 0.25) is 0 Å². The molecule has 15 heavy (non-hydrogen) atoms. The van der Waals surface area contributed by atoms with Crippen LogP contribution in [-0.4, -0.2) is 35.6 Å². The molecule has 0 saturated carbocycles. The molecule has 1 atom stereocenters. The first-order valence-electron chi connectivity index (χ1n) is 5.47. The van der Waals surface area contributed by atoms with Gasteiger partial charge in [0, 0.05) is 18.2 Å². The molecule has 0 aliphatic heterocycles. The van der Waals surface area contributed by atoms with Crippen molar-refractivity contribution in [1.82, 2.24) is 0 Å². The third-order valence-electron chi connectivity index (χ3n) is 2.84. The predicted octanol–water partition coefficient (Wildman–Crippen LogP) is 2.63. The van der Waals surface area contributed by atoms with Crippen LogP contribution >= 0.6 is 12.6 Å². The van der Waals surface area contributed by atoms with Gasteiger partial charge in [-0.25, -0.2) is 0 Å². The molecular weight excluding hydrogens is 240 g/mol.